The number of benzene rings is 2. The van der Waals surface area contributed by atoms with Crippen molar-refractivity contribution in [3.8, 4) is 0 Å². The molecule has 0 saturated heterocycles. The zero-order valence-electron chi connectivity index (χ0n) is 19.9. The van der Waals surface area contributed by atoms with Crippen molar-refractivity contribution >= 4 is 18.1 Å². The second-order valence-corrected chi connectivity index (χ2v) is 9.26. The highest BCUT2D eigenvalue weighted by atomic mass is 16.6. The number of ether oxygens (including phenoxy) is 1. The number of rotatable bonds is 9. The monoisotopic (exact) mass is 436 g/mol. The maximum absolute atomic E-state index is 13.1. The summed E-state index contributed by atoms with van der Waals surface area (Å²) in [6.07, 6.45) is 3.70. The lowest BCUT2D eigenvalue weighted by molar-refractivity contribution is -0.126. The van der Waals surface area contributed by atoms with E-state index in [2.05, 4.69) is 17.4 Å². The van der Waals surface area contributed by atoms with Crippen molar-refractivity contribution in [2.24, 2.45) is 5.92 Å². The summed E-state index contributed by atoms with van der Waals surface area (Å²) in [7, 11) is 0. The van der Waals surface area contributed by atoms with Crippen LogP contribution in [0.3, 0.4) is 0 Å². The minimum atomic E-state index is -0.577. The maximum atomic E-state index is 13.1. The zero-order chi connectivity index (χ0) is 23.6. The molecule has 2 aromatic rings. The highest BCUT2D eigenvalue weighted by Gasteiger charge is 2.24. The number of hydrogen-bond donors (Lipinski definition) is 1. The Morgan fingerprint density at radius 3 is 2.16 bits per heavy atom. The summed E-state index contributed by atoms with van der Waals surface area (Å²) < 4.78 is 5.43. The highest BCUT2D eigenvalue weighted by molar-refractivity contribution is 5.91. The van der Waals surface area contributed by atoms with Gasteiger partial charge in [-0.1, -0.05) is 74.5 Å². The summed E-state index contributed by atoms with van der Waals surface area (Å²) in [6, 6.07) is 19.6. The third-order valence-corrected chi connectivity index (χ3v) is 4.97. The predicted octanol–water partition coefficient (Wildman–Crippen LogP) is 5.32. The van der Waals surface area contributed by atoms with Crippen LogP contribution in [0.1, 0.15) is 45.7 Å². The van der Waals surface area contributed by atoms with E-state index in [0.29, 0.717) is 13.1 Å². The molecule has 2 amide bonds. The Bertz CT molecular complexity index is 871. The molecule has 0 saturated carbocycles. The molecule has 1 atom stereocenters. The fourth-order valence-electron chi connectivity index (χ4n) is 3.16. The first-order chi connectivity index (χ1) is 15.1. The Hall–Kier alpha value is -3.08. The fourth-order valence-corrected chi connectivity index (χ4v) is 3.16. The molecule has 172 valence electrons. The molecule has 0 aliphatic carbocycles. The van der Waals surface area contributed by atoms with Crippen LogP contribution in [-0.2, 0) is 16.0 Å². The molecule has 2 aromatic carbocycles. The van der Waals surface area contributed by atoms with Crippen molar-refractivity contribution in [1.29, 1.82) is 0 Å². The van der Waals surface area contributed by atoms with Crippen molar-refractivity contribution in [3.05, 3.63) is 77.9 Å². The topological polar surface area (TPSA) is 58.6 Å². The average molecular weight is 437 g/mol. The van der Waals surface area contributed by atoms with Crippen LogP contribution < -0.4 is 5.32 Å². The zero-order valence-corrected chi connectivity index (χ0v) is 19.9. The molecule has 0 aliphatic rings. The number of carbonyl (C=O) groups is 2. The van der Waals surface area contributed by atoms with Gasteiger partial charge in [-0.05, 0) is 50.3 Å². The van der Waals surface area contributed by atoms with Gasteiger partial charge in [-0.2, -0.15) is 0 Å². The van der Waals surface area contributed by atoms with Gasteiger partial charge in [0.15, 0.2) is 0 Å². The third-order valence-electron chi connectivity index (χ3n) is 4.97. The normalized spacial score (nSPS) is 12.6. The van der Waals surface area contributed by atoms with Crippen molar-refractivity contribution in [2.75, 3.05) is 13.1 Å². The molecule has 1 N–H and O–H groups in total. The first-order valence-electron chi connectivity index (χ1n) is 11.2. The molecular formula is C27H36N2O3. The van der Waals surface area contributed by atoms with Crippen LogP contribution >= 0.6 is 0 Å². The molecule has 5 nitrogen and oxygen atoms in total. The van der Waals surface area contributed by atoms with Crippen LogP contribution in [-0.4, -0.2) is 41.6 Å². The van der Waals surface area contributed by atoms with E-state index in [1.807, 2.05) is 89.2 Å². The second kappa shape index (κ2) is 12.1. The number of hydrogen-bond acceptors (Lipinski definition) is 3. The lowest BCUT2D eigenvalue weighted by Gasteiger charge is -2.31. The van der Waals surface area contributed by atoms with E-state index in [0.717, 1.165) is 12.0 Å². The van der Waals surface area contributed by atoms with Crippen molar-refractivity contribution in [2.45, 2.75) is 52.7 Å². The molecule has 0 fully saturated rings. The largest absolute Gasteiger partial charge is 0.444 e. The first kappa shape index (κ1) is 25.2. The summed E-state index contributed by atoms with van der Waals surface area (Å²) in [5.74, 6) is 0.0501. The van der Waals surface area contributed by atoms with Gasteiger partial charge in [0.1, 0.15) is 5.60 Å². The van der Waals surface area contributed by atoms with E-state index < -0.39 is 11.7 Å². The molecule has 2 rings (SSSR count). The van der Waals surface area contributed by atoms with Gasteiger partial charge in [0.05, 0.1) is 6.04 Å². The van der Waals surface area contributed by atoms with Crippen LogP contribution in [0.25, 0.3) is 6.08 Å². The second-order valence-electron chi connectivity index (χ2n) is 9.26. The van der Waals surface area contributed by atoms with E-state index in [-0.39, 0.29) is 17.9 Å². The summed E-state index contributed by atoms with van der Waals surface area (Å²) in [6.45, 7) is 10.5. The fraction of sp³-hybridized carbons (Fsp3) is 0.407. The van der Waals surface area contributed by atoms with Crippen molar-refractivity contribution in [1.82, 2.24) is 10.2 Å². The third kappa shape index (κ3) is 9.38. The molecule has 32 heavy (non-hydrogen) atoms. The van der Waals surface area contributed by atoms with Crippen LogP contribution in [0.15, 0.2) is 66.7 Å². The molecule has 0 aromatic heterocycles. The Balaban J connectivity index is 2.14. The molecule has 0 unspecified atom stereocenters. The summed E-state index contributed by atoms with van der Waals surface area (Å²) in [5, 5.41) is 2.95. The van der Waals surface area contributed by atoms with Gasteiger partial charge in [-0.3, -0.25) is 4.79 Å². The Morgan fingerprint density at radius 1 is 1.00 bits per heavy atom. The van der Waals surface area contributed by atoms with E-state index >= 15 is 0 Å². The Kier molecular flexibility index (Phi) is 9.51. The van der Waals surface area contributed by atoms with E-state index in [1.54, 1.807) is 11.0 Å². The molecule has 0 aliphatic heterocycles. The predicted molar refractivity (Wildman–Crippen MR) is 130 cm³/mol. The molecule has 5 heteroatoms. The van der Waals surface area contributed by atoms with Crippen LogP contribution in [0.4, 0.5) is 4.79 Å². The highest BCUT2D eigenvalue weighted by Crippen LogP contribution is 2.12. The SMILES string of the molecule is CC(C)[C@@H](CN(CCc1ccccc1)C(=O)/C=C/c1ccccc1)NC(=O)OC(C)(C)C. The summed E-state index contributed by atoms with van der Waals surface area (Å²) in [4.78, 5) is 27.3. The van der Waals surface area contributed by atoms with E-state index in [4.69, 9.17) is 4.74 Å². The molecule has 0 bridgehead atoms. The lowest BCUT2D eigenvalue weighted by atomic mass is 10.0. The minimum Gasteiger partial charge on any atom is -0.444 e. The number of alkyl carbamates (subject to hydrolysis) is 1. The maximum Gasteiger partial charge on any atom is 0.407 e. The summed E-state index contributed by atoms with van der Waals surface area (Å²) in [5.41, 5.74) is 1.56. The van der Waals surface area contributed by atoms with Crippen LogP contribution in [0.2, 0.25) is 0 Å². The first-order valence-corrected chi connectivity index (χ1v) is 11.2. The average Bonchev–Trinajstić information content (AvgIpc) is 2.74. The van der Waals surface area contributed by atoms with Gasteiger partial charge in [0.25, 0.3) is 0 Å². The molecular weight excluding hydrogens is 400 g/mol. The van der Waals surface area contributed by atoms with E-state index in [9.17, 15) is 9.59 Å². The van der Waals surface area contributed by atoms with Crippen LogP contribution in [0.5, 0.6) is 0 Å². The van der Waals surface area contributed by atoms with Crippen LogP contribution in [0, 0.1) is 5.92 Å². The van der Waals surface area contributed by atoms with Crippen molar-refractivity contribution < 1.29 is 14.3 Å². The number of amides is 2. The number of nitrogens with one attached hydrogen (secondary N) is 1. The number of carbonyl (C=O) groups excluding carboxylic acids is 2. The van der Waals surface area contributed by atoms with Crippen molar-refractivity contribution in [3.63, 3.8) is 0 Å². The Labute approximate surface area is 192 Å². The molecule has 0 spiro atoms. The standard InChI is InChI=1S/C27H36N2O3/c1-21(2)24(28-26(31)32-27(3,4)5)20-29(19-18-23-14-10-7-11-15-23)25(30)17-16-22-12-8-6-9-13-22/h6-17,21,24H,18-20H2,1-5H3,(H,28,31)/b17-16+/t24-/m1/s1. The van der Waals surface area contributed by atoms with E-state index in [1.165, 1.54) is 5.56 Å². The summed E-state index contributed by atoms with van der Waals surface area (Å²) >= 11 is 0. The number of nitrogens with zero attached hydrogens (tertiary/aromatic N) is 1. The van der Waals surface area contributed by atoms with Gasteiger partial charge in [0, 0.05) is 19.2 Å². The minimum absolute atomic E-state index is 0.0820. The van der Waals surface area contributed by atoms with Gasteiger partial charge in [-0.15, -0.1) is 0 Å². The quantitative estimate of drug-likeness (QED) is 0.541. The lowest BCUT2D eigenvalue weighted by Crippen LogP contribution is -2.49. The smallest absolute Gasteiger partial charge is 0.407 e. The van der Waals surface area contributed by atoms with Gasteiger partial charge >= 0.3 is 6.09 Å². The molecule has 0 heterocycles. The Morgan fingerprint density at radius 2 is 1.59 bits per heavy atom. The van der Waals surface area contributed by atoms with Gasteiger partial charge in [0.2, 0.25) is 5.91 Å². The van der Waals surface area contributed by atoms with Gasteiger partial charge < -0.3 is 15.0 Å². The van der Waals surface area contributed by atoms with Gasteiger partial charge in [-0.25, -0.2) is 4.79 Å². The molecule has 0 radical (unpaired) electrons.